The van der Waals surface area contributed by atoms with Gasteiger partial charge < -0.3 is 25.0 Å². The minimum atomic E-state index is 0.598. The number of rotatable bonds is 10. The third kappa shape index (κ3) is 7.31. The van der Waals surface area contributed by atoms with E-state index < -0.39 is 0 Å². The molecule has 6 nitrogen and oxygen atoms in total. The van der Waals surface area contributed by atoms with Gasteiger partial charge in [0.25, 0.3) is 0 Å². The molecule has 0 unspecified atom stereocenters. The maximum absolute atomic E-state index is 5.59. The molecular formula is C23H34N4O2. The fraction of sp³-hybridized carbons (Fsp3) is 0.435. The van der Waals surface area contributed by atoms with Crippen LogP contribution in [0, 0.1) is 0 Å². The van der Waals surface area contributed by atoms with Gasteiger partial charge in [-0.2, -0.15) is 0 Å². The zero-order valence-corrected chi connectivity index (χ0v) is 18.3. The lowest BCUT2D eigenvalue weighted by atomic mass is 10.1. The van der Waals surface area contributed by atoms with E-state index in [4.69, 9.17) is 14.5 Å². The van der Waals surface area contributed by atoms with Crippen molar-refractivity contribution < 1.29 is 9.47 Å². The van der Waals surface area contributed by atoms with Crippen molar-refractivity contribution in [3.63, 3.8) is 0 Å². The summed E-state index contributed by atoms with van der Waals surface area (Å²) in [6.07, 6.45) is 0. The van der Waals surface area contributed by atoms with Crippen LogP contribution in [0.3, 0.4) is 0 Å². The number of nitrogens with one attached hydrogen (secondary N) is 2. The van der Waals surface area contributed by atoms with Crippen molar-refractivity contribution in [2.45, 2.75) is 33.9 Å². The van der Waals surface area contributed by atoms with E-state index in [-0.39, 0.29) is 0 Å². The summed E-state index contributed by atoms with van der Waals surface area (Å²) in [6, 6.07) is 14.4. The van der Waals surface area contributed by atoms with Gasteiger partial charge in [-0.1, -0.05) is 31.2 Å². The average Bonchev–Trinajstić information content (AvgIpc) is 2.73. The highest BCUT2D eigenvalue weighted by Crippen LogP contribution is 2.30. The standard InChI is InChI=1S/C23H34N4O2/c1-6-24-23(26-20-12-13-21(29-8-3)22(15-20)28-5)25-16-18-10-9-11-19(14-18)17-27(4)7-2/h9-15H,6-8,16-17H2,1-5H3,(H2,24,25,26). The van der Waals surface area contributed by atoms with Gasteiger partial charge in [-0.25, -0.2) is 4.99 Å². The molecule has 0 atom stereocenters. The highest BCUT2D eigenvalue weighted by Gasteiger charge is 2.07. The summed E-state index contributed by atoms with van der Waals surface area (Å²) >= 11 is 0. The second-order valence-electron chi connectivity index (χ2n) is 6.77. The normalized spacial score (nSPS) is 11.4. The van der Waals surface area contributed by atoms with Crippen LogP contribution < -0.4 is 20.1 Å². The minimum absolute atomic E-state index is 0.598. The third-order valence-electron chi connectivity index (χ3n) is 4.47. The fourth-order valence-electron chi connectivity index (χ4n) is 2.88. The molecule has 0 aliphatic rings. The molecule has 2 rings (SSSR count). The van der Waals surface area contributed by atoms with E-state index in [2.05, 4.69) is 60.7 Å². The Morgan fingerprint density at radius 2 is 1.83 bits per heavy atom. The minimum Gasteiger partial charge on any atom is -0.493 e. The van der Waals surface area contributed by atoms with E-state index in [9.17, 15) is 0 Å². The summed E-state index contributed by atoms with van der Waals surface area (Å²) in [4.78, 5) is 7.03. The van der Waals surface area contributed by atoms with E-state index >= 15 is 0 Å². The van der Waals surface area contributed by atoms with Crippen LogP contribution in [0.5, 0.6) is 11.5 Å². The fourth-order valence-corrected chi connectivity index (χ4v) is 2.88. The molecule has 2 aromatic carbocycles. The van der Waals surface area contributed by atoms with Gasteiger partial charge in [-0.15, -0.1) is 0 Å². The molecule has 29 heavy (non-hydrogen) atoms. The Labute approximate surface area is 174 Å². The van der Waals surface area contributed by atoms with Gasteiger partial charge in [0.05, 0.1) is 20.3 Å². The second-order valence-corrected chi connectivity index (χ2v) is 6.77. The molecular weight excluding hydrogens is 364 g/mol. The highest BCUT2D eigenvalue weighted by atomic mass is 16.5. The lowest BCUT2D eigenvalue weighted by molar-refractivity contribution is 0.311. The number of anilines is 1. The molecule has 0 amide bonds. The van der Waals surface area contributed by atoms with Crippen molar-refractivity contribution in [1.29, 1.82) is 0 Å². The van der Waals surface area contributed by atoms with Crippen LogP contribution in [0.25, 0.3) is 0 Å². The highest BCUT2D eigenvalue weighted by molar-refractivity contribution is 5.93. The van der Waals surface area contributed by atoms with Crippen LogP contribution in [0.1, 0.15) is 31.9 Å². The van der Waals surface area contributed by atoms with Gasteiger partial charge in [-0.05, 0) is 50.7 Å². The molecule has 0 spiro atoms. The smallest absolute Gasteiger partial charge is 0.196 e. The molecule has 6 heteroatoms. The van der Waals surface area contributed by atoms with Crippen molar-refractivity contribution in [3.05, 3.63) is 53.6 Å². The third-order valence-corrected chi connectivity index (χ3v) is 4.47. The number of guanidine groups is 1. The first kappa shape index (κ1) is 22.6. The van der Waals surface area contributed by atoms with Crippen LogP contribution in [0.4, 0.5) is 5.69 Å². The summed E-state index contributed by atoms with van der Waals surface area (Å²) in [5.41, 5.74) is 3.38. The van der Waals surface area contributed by atoms with E-state index in [0.717, 1.165) is 37.0 Å². The van der Waals surface area contributed by atoms with Gasteiger partial charge in [0.2, 0.25) is 0 Å². The molecule has 0 aliphatic carbocycles. The zero-order valence-electron chi connectivity index (χ0n) is 18.3. The molecule has 2 N–H and O–H groups in total. The first-order valence-corrected chi connectivity index (χ1v) is 10.2. The quantitative estimate of drug-likeness (QED) is 0.466. The van der Waals surface area contributed by atoms with Crippen LogP contribution in [0.2, 0.25) is 0 Å². The molecule has 158 valence electrons. The average molecular weight is 399 g/mol. The second kappa shape index (κ2) is 12.0. The summed E-state index contributed by atoms with van der Waals surface area (Å²) < 4.78 is 11.0. The number of hydrogen-bond acceptors (Lipinski definition) is 4. The van der Waals surface area contributed by atoms with Crippen molar-refractivity contribution in [1.82, 2.24) is 10.2 Å². The van der Waals surface area contributed by atoms with Crippen LogP contribution >= 0.6 is 0 Å². The summed E-state index contributed by atoms with van der Waals surface area (Å²) in [6.45, 7) is 10.1. The van der Waals surface area contributed by atoms with E-state index in [0.29, 0.717) is 18.9 Å². The first-order valence-electron chi connectivity index (χ1n) is 10.2. The van der Waals surface area contributed by atoms with Crippen molar-refractivity contribution in [2.75, 3.05) is 39.2 Å². The molecule has 0 heterocycles. The van der Waals surface area contributed by atoms with Crippen molar-refractivity contribution in [3.8, 4) is 11.5 Å². The molecule has 0 bridgehead atoms. The maximum Gasteiger partial charge on any atom is 0.196 e. The topological polar surface area (TPSA) is 58.1 Å². The van der Waals surface area contributed by atoms with Gasteiger partial charge in [0.15, 0.2) is 17.5 Å². The molecule has 0 saturated carbocycles. The molecule has 0 aliphatic heterocycles. The van der Waals surface area contributed by atoms with Gasteiger partial charge in [-0.3, -0.25) is 0 Å². The van der Waals surface area contributed by atoms with Crippen LogP contribution in [-0.2, 0) is 13.1 Å². The number of aliphatic imine (C=N–C) groups is 1. The summed E-state index contributed by atoms with van der Waals surface area (Å²) in [7, 11) is 3.77. The summed E-state index contributed by atoms with van der Waals surface area (Å²) in [5.74, 6) is 2.16. The number of ether oxygens (including phenoxy) is 2. The largest absolute Gasteiger partial charge is 0.493 e. The molecule has 0 fully saturated rings. The predicted octanol–water partition coefficient (Wildman–Crippen LogP) is 4.12. The zero-order chi connectivity index (χ0) is 21.1. The molecule has 0 saturated heterocycles. The monoisotopic (exact) mass is 398 g/mol. The number of methoxy groups -OCH3 is 1. The van der Waals surface area contributed by atoms with Crippen molar-refractivity contribution >= 4 is 11.6 Å². The molecule has 0 radical (unpaired) electrons. The SMILES string of the molecule is CCNC(=NCc1cccc(CN(C)CC)c1)Nc1ccc(OCC)c(OC)c1. The van der Waals surface area contributed by atoms with Crippen LogP contribution in [0.15, 0.2) is 47.5 Å². The van der Waals surface area contributed by atoms with Gasteiger partial charge in [0, 0.05) is 24.8 Å². The number of benzene rings is 2. The predicted molar refractivity (Wildman–Crippen MR) is 121 cm³/mol. The van der Waals surface area contributed by atoms with E-state index in [1.807, 2.05) is 25.1 Å². The summed E-state index contributed by atoms with van der Waals surface area (Å²) in [5, 5.41) is 6.64. The van der Waals surface area contributed by atoms with E-state index in [1.165, 1.54) is 11.1 Å². The molecule has 2 aromatic rings. The van der Waals surface area contributed by atoms with Crippen molar-refractivity contribution in [2.24, 2.45) is 4.99 Å². The number of nitrogens with zero attached hydrogens (tertiary/aromatic N) is 2. The Morgan fingerprint density at radius 3 is 2.52 bits per heavy atom. The first-order chi connectivity index (χ1) is 14.1. The number of hydrogen-bond donors (Lipinski definition) is 2. The lowest BCUT2D eigenvalue weighted by Gasteiger charge is -2.15. The Morgan fingerprint density at radius 1 is 1.03 bits per heavy atom. The van der Waals surface area contributed by atoms with Gasteiger partial charge in [0.1, 0.15) is 0 Å². The molecule has 0 aromatic heterocycles. The Hall–Kier alpha value is -2.73. The Balaban J connectivity index is 2.11. The Kier molecular flexibility index (Phi) is 9.31. The van der Waals surface area contributed by atoms with Gasteiger partial charge >= 0.3 is 0 Å². The van der Waals surface area contributed by atoms with Crippen LogP contribution in [-0.4, -0.2) is 44.7 Å². The van der Waals surface area contributed by atoms with E-state index in [1.54, 1.807) is 7.11 Å². The lowest BCUT2D eigenvalue weighted by Crippen LogP contribution is -2.30. The maximum atomic E-state index is 5.59. The Bertz CT molecular complexity index is 792.